The van der Waals surface area contributed by atoms with E-state index in [1.807, 2.05) is 0 Å². The second-order valence-corrected chi connectivity index (χ2v) is 2.44. The van der Waals surface area contributed by atoms with Crippen LogP contribution in [-0.2, 0) is 9.59 Å². The van der Waals surface area contributed by atoms with Gasteiger partial charge in [-0.05, 0) is 0 Å². The Morgan fingerprint density at radius 2 is 1.70 bits per heavy atom. The van der Waals surface area contributed by atoms with Gasteiger partial charge in [-0.1, -0.05) is 13.8 Å². The van der Waals surface area contributed by atoms with Gasteiger partial charge in [0.05, 0.1) is 0 Å². The number of primary amides is 1. The second kappa shape index (κ2) is 3.31. The number of amides is 1. The van der Waals surface area contributed by atoms with Gasteiger partial charge >= 0.3 is 0 Å². The molecule has 0 rings (SSSR count). The first-order valence-electron chi connectivity index (χ1n) is 3.05. The van der Waals surface area contributed by atoms with Crippen LogP contribution < -0.4 is 11.5 Å². The fourth-order valence-corrected chi connectivity index (χ4v) is 0.499. The van der Waals surface area contributed by atoms with Gasteiger partial charge in [-0.25, -0.2) is 0 Å². The Bertz CT molecular complexity index is 154. The minimum absolute atomic E-state index is 0.234. The van der Waals surface area contributed by atoms with Crippen molar-refractivity contribution in [2.24, 2.45) is 17.4 Å². The van der Waals surface area contributed by atoms with Crippen LogP contribution in [0.1, 0.15) is 13.8 Å². The van der Waals surface area contributed by atoms with Crippen molar-refractivity contribution in [2.75, 3.05) is 0 Å². The van der Waals surface area contributed by atoms with E-state index in [9.17, 15) is 9.59 Å². The van der Waals surface area contributed by atoms with Crippen LogP contribution in [0.3, 0.4) is 0 Å². The van der Waals surface area contributed by atoms with E-state index in [2.05, 4.69) is 0 Å². The summed E-state index contributed by atoms with van der Waals surface area (Å²) in [6.45, 7) is 3.34. The molecule has 0 fully saturated rings. The molecule has 0 saturated carbocycles. The molecule has 4 heteroatoms. The van der Waals surface area contributed by atoms with E-state index < -0.39 is 11.9 Å². The minimum atomic E-state index is -1.14. The van der Waals surface area contributed by atoms with Crippen molar-refractivity contribution >= 4 is 11.7 Å². The molecule has 0 aliphatic heterocycles. The summed E-state index contributed by atoms with van der Waals surface area (Å²) in [6.07, 6.45) is 0. The van der Waals surface area contributed by atoms with Gasteiger partial charge in [0.1, 0.15) is 6.04 Å². The third kappa shape index (κ3) is 2.14. The van der Waals surface area contributed by atoms with E-state index in [4.69, 9.17) is 11.5 Å². The van der Waals surface area contributed by atoms with Crippen molar-refractivity contribution < 1.29 is 9.59 Å². The molecule has 0 aliphatic rings. The zero-order valence-electron chi connectivity index (χ0n) is 6.13. The van der Waals surface area contributed by atoms with Crippen molar-refractivity contribution in [2.45, 2.75) is 19.9 Å². The van der Waals surface area contributed by atoms with Crippen LogP contribution in [-0.4, -0.2) is 17.7 Å². The molecule has 10 heavy (non-hydrogen) atoms. The van der Waals surface area contributed by atoms with Crippen LogP contribution in [0.25, 0.3) is 0 Å². The van der Waals surface area contributed by atoms with E-state index in [-0.39, 0.29) is 11.7 Å². The van der Waals surface area contributed by atoms with Crippen molar-refractivity contribution in [3.05, 3.63) is 0 Å². The molecule has 0 aromatic heterocycles. The molecule has 1 atom stereocenters. The van der Waals surface area contributed by atoms with Crippen LogP contribution in [0.5, 0.6) is 0 Å². The average molecular weight is 144 g/mol. The van der Waals surface area contributed by atoms with E-state index in [0.29, 0.717) is 0 Å². The van der Waals surface area contributed by atoms with Crippen molar-refractivity contribution in [1.82, 2.24) is 0 Å². The molecule has 1 unspecified atom stereocenters. The quantitative estimate of drug-likeness (QED) is 0.499. The van der Waals surface area contributed by atoms with Gasteiger partial charge in [-0.3, -0.25) is 9.59 Å². The standard InChI is InChI=1S/C6H12N2O2/c1-3(2)5(9)4(7)6(8)10/h3-4H,7H2,1-2H3,(H2,8,10). The van der Waals surface area contributed by atoms with Crippen molar-refractivity contribution in [1.29, 1.82) is 0 Å². The van der Waals surface area contributed by atoms with E-state index in [0.717, 1.165) is 0 Å². The topological polar surface area (TPSA) is 86.2 Å². The number of carbonyl (C=O) groups is 2. The Kier molecular flexibility index (Phi) is 3.02. The van der Waals surface area contributed by atoms with Crippen molar-refractivity contribution in [3.63, 3.8) is 0 Å². The maximum atomic E-state index is 10.9. The zero-order valence-corrected chi connectivity index (χ0v) is 6.13. The summed E-state index contributed by atoms with van der Waals surface area (Å²) in [6, 6.07) is -1.14. The lowest BCUT2D eigenvalue weighted by atomic mass is 10.0. The van der Waals surface area contributed by atoms with Crippen LogP contribution in [0.4, 0.5) is 0 Å². The lowest BCUT2D eigenvalue weighted by molar-refractivity contribution is -0.130. The van der Waals surface area contributed by atoms with E-state index in [1.54, 1.807) is 13.8 Å². The lowest BCUT2D eigenvalue weighted by Gasteiger charge is -2.07. The van der Waals surface area contributed by atoms with Gasteiger partial charge in [0.25, 0.3) is 0 Å². The summed E-state index contributed by atoms with van der Waals surface area (Å²) in [5.74, 6) is -1.31. The number of nitrogens with two attached hydrogens (primary N) is 2. The largest absolute Gasteiger partial charge is 0.368 e. The van der Waals surface area contributed by atoms with E-state index in [1.165, 1.54) is 0 Å². The van der Waals surface area contributed by atoms with Gasteiger partial charge in [-0.15, -0.1) is 0 Å². The Balaban J connectivity index is 4.08. The summed E-state index contributed by atoms with van der Waals surface area (Å²) in [4.78, 5) is 21.2. The molecule has 58 valence electrons. The molecule has 0 spiro atoms. The monoisotopic (exact) mass is 144 g/mol. The summed E-state index contributed by atoms with van der Waals surface area (Å²) < 4.78 is 0. The minimum Gasteiger partial charge on any atom is -0.368 e. The smallest absolute Gasteiger partial charge is 0.242 e. The number of rotatable bonds is 3. The van der Waals surface area contributed by atoms with Gasteiger partial charge in [-0.2, -0.15) is 0 Å². The number of Topliss-reactive ketones (excluding diaryl/α,β-unsaturated/α-hetero) is 1. The first-order chi connectivity index (χ1) is 4.46. The van der Waals surface area contributed by atoms with Crippen molar-refractivity contribution in [3.8, 4) is 0 Å². The predicted molar refractivity (Wildman–Crippen MR) is 37.0 cm³/mol. The van der Waals surface area contributed by atoms with Crippen LogP contribution in [0.15, 0.2) is 0 Å². The van der Waals surface area contributed by atoms with Gasteiger partial charge in [0.15, 0.2) is 5.78 Å². The summed E-state index contributed by atoms with van der Waals surface area (Å²) in [5.41, 5.74) is 9.93. The maximum Gasteiger partial charge on any atom is 0.242 e. The Hall–Kier alpha value is -0.900. The first-order valence-corrected chi connectivity index (χ1v) is 3.05. The Labute approximate surface area is 59.6 Å². The fraction of sp³-hybridized carbons (Fsp3) is 0.667. The summed E-state index contributed by atoms with van der Waals surface area (Å²) in [5, 5.41) is 0. The molecule has 0 bridgehead atoms. The molecule has 1 amide bonds. The predicted octanol–water partition coefficient (Wildman–Crippen LogP) is -0.976. The third-order valence-corrected chi connectivity index (χ3v) is 1.18. The summed E-state index contributed by atoms with van der Waals surface area (Å²) in [7, 11) is 0. The highest BCUT2D eigenvalue weighted by Gasteiger charge is 2.21. The Morgan fingerprint density at radius 1 is 1.30 bits per heavy atom. The highest BCUT2D eigenvalue weighted by Crippen LogP contribution is 1.96. The molecule has 0 aliphatic carbocycles. The molecule has 0 saturated heterocycles. The van der Waals surface area contributed by atoms with Crippen LogP contribution in [0.2, 0.25) is 0 Å². The van der Waals surface area contributed by atoms with E-state index >= 15 is 0 Å². The Morgan fingerprint density at radius 3 is 1.80 bits per heavy atom. The van der Waals surface area contributed by atoms with Crippen LogP contribution in [0, 0.1) is 5.92 Å². The fourth-order valence-electron chi connectivity index (χ4n) is 0.499. The molecule has 0 aromatic carbocycles. The first kappa shape index (κ1) is 9.10. The molecular formula is C6H12N2O2. The second-order valence-electron chi connectivity index (χ2n) is 2.44. The highest BCUT2D eigenvalue weighted by atomic mass is 16.2. The molecular weight excluding hydrogens is 132 g/mol. The maximum absolute atomic E-state index is 10.9. The highest BCUT2D eigenvalue weighted by molar-refractivity contribution is 6.05. The number of hydrogen-bond donors (Lipinski definition) is 2. The molecule has 0 radical (unpaired) electrons. The number of ketones is 1. The normalized spacial score (nSPS) is 13.2. The molecule has 4 N–H and O–H groups in total. The molecule has 0 aromatic rings. The lowest BCUT2D eigenvalue weighted by Crippen LogP contribution is -2.44. The molecule has 4 nitrogen and oxygen atoms in total. The zero-order chi connectivity index (χ0) is 8.31. The molecule has 0 heterocycles. The number of carbonyl (C=O) groups excluding carboxylic acids is 2. The van der Waals surface area contributed by atoms with Crippen LogP contribution >= 0.6 is 0 Å². The summed E-state index contributed by atoms with van der Waals surface area (Å²) >= 11 is 0. The third-order valence-electron chi connectivity index (χ3n) is 1.18. The van der Waals surface area contributed by atoms with Gasteiger partial charge < -0.3 is 11.5 Å². The number of hydrogen-bond acceptors (Lipinski definition) is 3. The van der Waals surface area contributed by atoms with Gasteiger partial charge in [0.2, 0.25) is 5.91 Å². The van der Waals surface area contributed by atoms with Gasteiger partial charge in [0, 0.05) is 5.92 Å². The SMILES string of the molecule is CC(C)C(=O)C(N)C(N)=O. The average Bonchev–Trinajstić information content (AvgIpc) is 1.84.